The lowest BCUT2D eigenvalue weighted by Crippen LogP contribution is -2.36. The van der Waals surface area contributed by atoms with Crippen molar-refractivity contribution < 1.29 is 9.18 Å². The van der Waals surface area contributed by atoms with E-state index in [-0.39, 0.29) is 17.0 Å². The summed E-state index contributed by atoms with van der Waals surface area (Å²) in [6, 6.07) is 3.79. The van der Waals surface area contributed by atoms with Crippen molar-refractivity contribution in [1.82, 2.24) is 14.7 Å². The first-order chi connectivity index (χ1) is 9.88. The van der Waals surface area contributed by atoms with Gasteiger partial charge in [-0.25, -0.2) is 4.39 Å². The van der Waals surface area contributed by atoms with E-state index in [1.165, 1.54) is 12.1 Å². The van der Waals surface area contributed by atoms with Crippen LogP contribution in [-0.4, -0.2) is 26.6 Å². The summed E-state index contributed by atoms with van der Waals surface area (Å²) in [5.41, 5.74) is 1.23. The maximum atomic E-state index is 13.1. The number of halogens is 2. The van der Waals surface area contributed by atoms with E-state index in [0.717, 1.165) is 11.6 Å². The minimum absolute atomic E-state index is 0.0150. The monoisotopic (exact) mass is 309 g/mol. The van der Waals surface area contributed by atoms with E-state index in [2.05, 4.69) is 5.10 Å². The van der Waals surface area contributed by atoms with E-state index >= 15 is 0 Å². The molecule has 4 nitrogen and oxygen atoms in total. The molecular weight excluding hydrogens is 293 g/mol. The number of aromatic nitrogens is 2. The second-order valence-electron chi connectivity index (χ2n) is 5.17. The molecule has 0 atom stereocenters. The van der Waals surface area contributed by atoms with Gasteiger partial charge in [0.05, 0.1) is 16.8 Å². The summed E-state index contributed by atoms with van der Waals surface area (Å²) in [6.07, 6.45) is 3.57. The van der Waals surface area contributed by atoms with Crippen LogP contribution in [0.4, 0.5) is 4.39 Å². The molecule has 1 aromatic carbocycles. The van der Waals surface area contributed by atoms with Gasteiger partial charge in [0.1, 0.15) is 5.82 Å². The van der Waals surface area contributed by atoms with E-state index in [1.54, 1.807) is 15.8 Å². The van der Waals surface area contributed by atoms with Gasteiger partial charge in [-0.3, -0.25) is 9.48 Å². The zero-order valence-corrected chi connectivity index (χ0v) is 12.9. The van der Waals surface area contributed by atoms with Crippen molar-refractivity contribution in [1.29, 1.82) is 0 Å². The van der Waals surface area contributed by atoms with Crippen molar-refractivity contribution in [2.75, 3.05) is 0 Å². The number of aryl methyl sites for hydroxylation is 1. The van der Waals surface area contributed by atoms with Gasteiger partial charge in [-0.2, -0.15) is 5.10 Å². The summed E-state index contributed by atoms with van der Waals surface area (Å²) in [5.74, 6) is -0.682. The first-order valence-corrected chi connectivity index (χ1v) is 7.00. The van der Waals surface area contributed by atoms with Crippen LogP contribution in [0.1, 0.15) is 29.8 Å². The Morgan fingerprint density at radius 1 is 1.48 bits per heavy atom. The van der Waals surface area contributed by atoms with Crippen molar-refractivity contribution in [3.63, 3.8) is 0 Å². The molecule has 0 saturated carbocycles. The number of carbonyl (C=O) groups excluding carboxylic acids is 1. The molecule has 1 amide bonds. The van der Waals surface area contributed by atoms with Gasteiger partial charge in [0, 0.05) is 31.4 Å². The zero-order chi connectivity index (χ0) is 15.6. The molecule has 0 aliphatic heterocycles. The van der Waals surface area contributed by atoms with Crippen molar-refractivity contribution in [3.05, 3.63) is 52.6 Å². The Hall–Kier alpha value is -1.88. The highest BCUT2D eigenvalue weighted by molar-refractivity contribution is 6.33. The number of hydrogen-bond donors (Lipinski definition) is 0. The maximum absolute atomic E-state index is 13.1. The molecule has 0 bridgehead atoms. The fourth-order valence-electron chi connectivity index (χ4n) is 2.06. The van der Waals surface area contributed by atoms with Gasteiger partial charge in [0.15, 0.2) is 0 Å². The highest BCUT2D eigenvalue weighted by Gasteiger charge is 2.22. The molecule has 2 rings (SSSR count). The van der Waals surface area contributed by atoms with E-state index in [4.69, 9.17) is 11.6 Å². The van der Waals surface area contributed by atoms with E-state index < -0.39 is 5.82 Å². The Kier molecular flexibility index (Phi) is 4.63. The third-order valence-electron chi connectivity index (χ3n) is 3.16. The van der Waals surface area contributed by atoms with Gasteiger partial charge in [0.2, 0.25) is 0 Å². The smallest absolute Gasteiger partial charge is 0.255 e. The largest absolute Gasteiger partial charge is 0.332 e. The third kappa shape index (κ3) is 3.61. The van der Waals surface area contributed by atoms with Crippen molar-refractivity contribution in [2.45, 2.75) is 26.4 Å². The number of amides is 1. The molecule has 0 fully saturated rings. The van der Waals surface area contributed by atoms with Gasteiger partial charge in [-0.05, 0) is 32.0 Å². The van der Waals surface area contributed by atoms with Crippen LogP contribution in [0.2, 0.25) is 5.02 Å². The lowest BCUT2D eigenvalue weighted by atomic mass is 10.1. The Balaban J connectivity index is 2.27. The number of hydrogen-bond acceptors (Lipinski definition) is 2. The van der Waals surface area contributed by atoms with E-state index in [1.807, 2.05) is 27.1 Å². The van der Waals surface area contributed by atoms with Gasteiger partial charge >= 0.3 is 0 Å². The van der Waals surface area contributed by atoms with Crippen LogP contribution in [0.25, 0.3) is 0 Å². The lowest BCUT2D eigenvalue weighted by Gasteiger charge is -2.26. The first-order valence-electron chi connectivity index (χ1n) is 6.62. The Morgan fingerprint density at radius 2 is 2.19 bits per heavy atom. The molecule has 21 heavy (non-hydrogen) atoms. The number of rotatable bonds is 4. The second-order valence-corrected chi connectivity index (χ2v) is 5.58. The highest BCUT2D eigenvalue weighted by atomic mass is 35.5. The molecule has 112 valence electrons. The topological polar surface area (TPSA) is 38.1 Å². The molecule has 0 aliphatic carbocycles. The Labute approximate surface area is 128 Å². The molecule has 0 aliphatic rings. The molecule has 0 N–H and O–H groups in total. The number of nitrogens with zero attached hydrogens (tertiary/aromatic N) is 3. The van der Waals surface area contributed by atoms with E-state index in [0.29, 0.717) is 12.1 Å². The summed E-state index contributed by atoms with van der Waals surface area (Å²) in [4.78, 5) is 14.3. The molecule has 0 spiro atoms. The molecule has 0 radical (unpaired) electrons. The summed E-state index contributed by atoms with van der Waals surface area (Å²) in [6.45, 7) is 4.27. The molecule has 0 unspecified atom stereocenters. The minimum Gasteiger partial charge on any atom is -0.332 e. The third-order valence-corrected chi connectivity index (χ3v) is 3.47. The van der Waals surface area contributed by atoms with Crippen LogP contribution in [0, 0.1) is 5.82 Å². The van der Waals surface area contributed by atoms with Gasteiger partial charge in [-0.1, -0.05) is 11.6 Å². The molecule has 6 heteroatoms. The minimum atomic E-state index is -0.458. The Bertz CT molecular complexity index is 654. The fourth-order valence-corrected chi connectivity index (χ4v) is 2.30. The molecule has 1 heterocycles. The summed E-state index contributed by atoms with van der Waals surface area (Å²) >= 11 is 5.98. The SMILES string of the molecule is CC(C)N(Cc1cnn(C)c1)C(=O)c1ccc(F)cc1Cl. The average Bonchev–Trinajstić information content (AvgIpc) is 2.80. The van der Waals surface area contributed by atoms with Crippen molar-refractivity contribution in [2.24, 2.45) is 7.05 Å². The van der Waals surface area contributed by atoms with Gasteiger partial charge < -0.3 is 4.90 Å². The molecule has 1 aromatic heterocycles. The summed E-state index contributed by atoms with van der Waals surface area (Å²) in [7, 11) is 1.82. The van der Waals surface area contributed by atoms with Gasteiger partial charge in [-0.15, -0.1) is 0 Å². The maximum Gasteiger partial charge on any atom is 0.255 e. The van der Waals surface area contributed by atoms with Crippen LogP contribution in [0.3, 0.4) is 0 Å². The highest BCUT2D eigenvalue weighted by Crippen LogP contribution is 2.21. The predicted octanol–water partition coefficient (Wildman–Crippen LogP) is 3.26. The first kappa shape index (κ1) is 15.5. The van der Waals surface area contributed by atoms with Crippen LogP contribution in [-0.2, 0) is 13.6 Å². The predicted molar refractivity (Wildman–Crippen MR) is 79.6 cm³/mol. The quantitative estimate of drug-likeness (QED) is 0.869. The van der Waals surface area contributed by atoms with Crippen LogP contribution < -0.4 is 0 Å². The summed E-state index contributed by atoms with van der Waals surface area (Å²) in [5, 5.41) is 4.22. The normalized spacial score (nSPS) is 11.0. The van der Waals surface area contributed by atoms with Gasteiger partial charge in [0.25, 0.3) is 5.91 Å². The second kappa shape index (κ2) is 6.26. The van der Waals surface area contributed by atoms with Crippen LogP contribution >= 0.6 is 11.6 Å². The average molecular weight is 310 g/mol. The molecular formula is C15H17ClFN3O. The number of benzene rings is 1. The fraction of sp³-hybridized carbons (Fsp3) is 0.333. The van der Waals surface area contributed by atoms with E-state index in [9.17, 15) is 9.18 Å². The lowest BCUT2D eigenvalue weighted by molar-refractivity contribution is 0.0690. The molecule has 2 aromatic rings. The zero-order valence-electron chi connectivity index (χ0n) is 12.2. The van der Waals surface area contributed by atoms with Crippen LogP contribution in [0.5, 0.6) is 0 Å². The van der Waals surface area contributed by atoms with Crippen LogP contribution in [0.15, 0.2) is 30.6 Å². The summed E-state index contributed by atoms with van der Waals surface area (Å²) < 4.78 is 14.8. The number of carbonyl (C=O) groups is 1. The van der Waals surface area contributed by atoms with Crippen molar-refractivity contribution in [3.8, 4) is 0 Å². The van der Waals surface area contributed by atoms with Crippen molar-refractivity contribution >= 4 is 17.5 Å². The molecule has 0 saturated heterocycles. The standard InChI is InChI=1S/C15H17ClFN3O/c1-10(2)20(9-11-7-18-19(3)8-11)15(21)13-5-4-12(17)6-14(13)16/h4-8,10H,9H2,1-3H3. The Morgan fingerprint density at radius 3 is 2.71 bits per heavy atom.